The minimum Gasteiger partial charge on any atom is -0.326 e. The predicted octanol–water partition coefficient (Wildman–Crippen LogP) is 2.91. The summed E-state index contributed by atoms with van der Waals surface area (Å²) in [6, 6.07) is 10.5. The molecule has 2 aromatic carbocycles. The van der Waals surface area contributed by atoms with Crippen LogP contribution in [0.1, 0.15) is 36.0 Å². The van der Waals surface area contributed by atoms with E-state index in [0.29, 0.717) is 13.0 Å². The molecule has 2 aromatic rings. The highest BCUT2D eigenvalue weighted by Gasteiger charge is 2.36. The van der Waals surface area contributed by atoms with Crippen molar-refractivity contribution in [3.05, 3.63) is 53.1 Å². The predicted molar refractivity (Wildman–Crippen MR) is 120 cm³/mol. The van der Waals surface area contributed by atoms with Crippen molar-refractivity contribution in [1.29, 1.82) is 0 Å². The van der Waals surface area contributed by atoms with Crippen LogP contribution in [0.4, 0.5) is 11.4 Å². The second kappa shape index (κ2) is 8.43. The van der Waals surface area contributed by atoms with Gasteiger partial charge in [0.05, 0.1) is 4.90 Å². The molecule has 0 unspecified atom stereocenters. The molecule has 0 saturated heterocycles. The lowest BCUT2D eigenvalue weighted by Crippen LogP contribution is -2.30. The molecule has 2 aliphatic rings. The van der Waals surface area contributed by atoms with Crippen LogP contribution in [0.25, 0.3) is 0 Å². The van der Waals surface area contributed by atoms with Gasteiger partial charge in [0.15, 0.2) is 0 Å². The molecule has 0 atom stereocenters. The molecule has 0 radical (unpaired) electrons. The Balaban J connectivity index is 1.35. The Labute approximate surface area is 182 Å². The maximum Gasteiger partial charge on any atom is 0.240 e. The molecule has 1 aliphatic carbocycles. The highest BCUT2D eigenvalue weighted by atomic mass is 32.2. The van der Waals surface area contributed by atoms with E-state index in [9.17, 15) is 18.0 Å². The first kappa shape index (κ1) is 21.5. The molecule has 2 N–H and O–H groups in total. The van der Waals surface area contributed by atoms with Crippen molar-refractivity contribution >= 4 is 33.2 Å². The van der Waals surface area contributed by atoms with Crippen molar-refractivity contribution in [2.75, 3.05) is 23.3 Å². The van der Waals surface area contributed by atoms with Crippen molar-refractivity contribution in [1.82, 2.24) is 4.72 Å². The first-order chi connectivity index (χ1) is 14.8. The smallest absolute Gasteiger partial charge is 0.240 e. The number of nitrogens with one attached hydrogen (secondary N) is 2. The quantitative estimate of drug-likeness (QED) is 0.691. The molecule has 0 bridgehead atoms. The largest absolute Gasteiger partial charge is 0.326 e. The molecule has 31 heavy (non-hydrogen) atoms. The number of aryl methyl sites for hydroxylation is 1. The Bertz CT molecular complexity index is 1140. The number of benzene rings is 2. The van der Waals surface area contributed by atoms with Gasteiger partial charge in [0.1, 0.15) is 0 Å². The van der Waals surface area contributed by atoms with E-state index in [1.54, 1.807) is 17.0 Å². The van der Waals surface area contributed by atoms with Gasteiger partial charge in [-0.1, -0.05) is 12.1 Å². The second-order valence-electron chi connectivity index (χ2n) is 8.25. The SMILES string of the molecule is Cc1cccc(NC(=O)CCNS(=O)(=O)c2ccc3c(c2)CCN3C(=O)C2CC2)c1C. The van der Waals surface area contributed by atoms with Crippen LogP contribution in [-0.4, -0.2) is 33.3 Å². The number of hydrogen-bond acceptors (Lipinski definition) is 4. The number of carbonyl (C=O) groups is 2. The molecule has 0 spiro atoms. The molecule has 8 heteroatoms. The van der Waals surface area contributed by atoms with Crippen molar-refractivity contribution in [2.24, 2.45) is 5.92 Å². The van der Waals surface area contributed by atoms with Crippen LogP contribution in [0.2, 0.25) is 0 Å². The van der Waals surface area contributed by atoms with Crippen LogP contribution in [-0.2, 0) is 26.0 Å². The Morgan fingerprint density at radius 2 is 1.90 bits per heavy atom. The number of amides is 2. The Kier molecular flexibility index (Phi) is 5.85. The van der Waals surface area contributed by atoms with Crippen molar-refractivity contribution in [3.63, 3.8) is 0 Å². The monoisotopic (exact) mass is 441 g/mol. The Morgan fingerprint density at radius 1 is 1.13 bits per heavy atom. The zero-order valence-electron chi connectivity index (χ0n) is 17.8. The maximum absolute atomic E-state index is 12.7. The summed E-state index contributed by atoms with van der Waals surface area (Å²) in [5, 5.41) is 2.83. The summed E-state index contributed by atoms with van der Waals surface area (Å²) < 4.78 is 27.9. The second-order valence-corrected chi connectivity index (χ2v) is 10.0. The number of nitrogens with zero attached hydrogens (tertiary/aromatic N) is 1. The highest BCUT2D eigenvalue weighted by Crippen LogP contribution is 2.37. The van der Waals surface area contributed by atoms with Gasteiger partial charge >= 0.3 is 0 Å². The van der Waals surface area contributed by atoms with Crippen molar-refractivity contribution in [3.8, 4) is 0 Å². The summed E-state index contributed by atoms with van der Waals surface area (Å²) in [7, 11) is -3.74. The fraction of sp³-hybridized carbons (Fsp3) is 0.391. The van der Waals surface area contributed by atoms with Crippen LogP contribution in [0.5, 0.6) is 0 Å². The summed E-state index contributed by atoms with van der Waals surface area (Å²) in [6.45, 7) is 4.50. The van der Waals surface area contributed by atoms with Crippen LogP contribution >= 0.6 is 0 Å². The molecule has 1 fully saturated rings. The van der Waals surface area contributed by atoms with E-state index in [-0.39, 0.29) is 35.6 Å². The minimum atomic E-state index is -3.74. The fourth-order valence-corrected chi connectivity index (χ4v) is 4.89. The van der Waals surface area contributed by atoms with E-state index in [2.05, 4.69) is 10.0 Å². The molecule has 2 amide bonds. The molecule has 0 aromatic heterocycles. The lowest BCUT2D eigenvalue weighted by atomic mass is 10.1. The standard InChI is InChI=1S/C23H27N3O4S/c1-15-4-3-5-20(16(15)2)25-22(27)10-12-24-31(29,30)19-8-9-21-18(14-19)11-13-26(21)23(28)17-6-7-17/h3-5,8-9,14,17,24H,6-7,10-13H2,1-2H3,(H,25,27). The number of fused-ring (bicyclic) bond motifs is 1. The molecule has 7 nitrogen and oxygen atoms in total. The van der Waals surface area contributed by atoms with Crippen LogP contribution in [0.15, 0.2) is 41.3 Å². The van der Waals surface area contributed by atoms with E-state index >= 15 is 0 Å². The van der Waals surface area contributed by atoms with Crippen LogP contribution in [0.3, 0.4) is 0 Å². The summed E-state index contributed by atoms with van der Waals surface area (Å²) in [4.78, 5) is 26.5. The number of rotatable bonds is 7. The molecular weight excluding hydrogens is 414 g/mol. The van der Waals surface area contributed by atoms with Gasteiger partial charge < -0.3 is 10.2 Å². The minimum absolute atomic E-state index is 0.00239. The summed E-state index contributed by atoms with van der Waals surface area (Å²) in [6.07, 6.45) is 2.56. The molecular formula is C23H27N3O4S. The van der Waals surface area contributed by atoms with E-state index in [1.165, 1.54) is 6.07 Å². The average molecular weight is 442 g/mol. The summed E-state index contributed by atoms with van der Waals surface area (Å²) >= 11 is 0. The molecule has 164 valence electrons. The number of anilines is 2. The number of hydrogen-bond donors (Lipinski definition) is 2. The fourth-order valence-electron chi connectivity index (χ4n) is 3.81. The van der Waals surface area contributed by atoms with Gasteiger partial charge in [-0.3, -0.25) is 9.59 Å². The molecule has 4 rings (SSSR count). The van der Waals surface area contributed by atoms with Crippen LogP contribution in [0, 0.1) is 19.8 Å². The molecule has 1 saturated carbocycles. The van der Waals surface area contributed by atoms with Gasteiger partial charge in [-0.2, -0.15) is 0 Å². The van der Waals surface area contributed by atoms with Crippen molar-refractivity contribution in [2.45, 2.75) is 44.4 Å². The first-order valence-corrected chi connectivity index (χ1v) is 12.0. The third-order valence-corrected chi connectivity index (χ3v) is 7.43. The zero-order valence-corrected chi connectivity index (χ0v) is 18.6. The number of sulfonamides is 1. The highest BCUT2D eigenvalue weighted by molar-refractivity contribution is 7.89. The topological polar surface area (TPSA) is 95.6 Å². The van der Waals surface area contributed by atoms with Gasteiger partial charge in [0.25, 0.3) is 0 Å². The Morgan fingerprint density at radius 3 is 2.65 bits per heavy atom. The van der Waals surface area contributed by atoms with Gasteiger partial charge in [0.2, 0.25) is 21.8 Å². The van der Waals surface area contributed by atoms with E-state index in [1.807, 2.05) is 32.0 Å². The maximum atomic E-state index is 12.7. The zero-order chi connectivity index (χ0) is 22.2. The van der Waals surface area contributed by atoms with E-state index in [4.69, 9.17) is 0 Å². The first-order valence-electron chi connectivity index (χ1n) is 10.6. The third-order valence-electron chi connectivity index (χ3n) is 5.97. The molecule has 1 aliphatic heterocycles. The van der Waals surface area contributed by atoms with Gasteiger partial charge in [-0.15, -0.1) is 0 Å². The Hall–Kier alpha value is -2.71. The molecule has 1 heterocycles. The van der Waals surface area contributed by atoms with Gasteiger partial charge in [0, 0.05) is 36.8 Å². The lowest BCUT2D eigenvalue weighted by Gasteiger charge is -2.17. The summed E-state index contributed by atoms with van der Waals surface area (Å²) in [5.41, 5.74) is 4.47. The average Bonchev–Trinajstić information content (AvgIpc) is 3.49. The van der Waals surface area contributed by atoms with Crippen LogP contribution < -0.4 is 14.9 Å². The summed E-state index contributed by atoms with van der Waals surface area (Å²) in [5.74, 6) is 0.0210. The van der Waals surface area contributed by atoms with E-state index in [0.717, 1.165) is 40.9 Å². The van der Waals surface area contributed by atoms with Crippen molar-refractivity contribution < 1.29 is 18.0 Å². The third kappa shape index (κ3) is 4.65. The van der Waals surface area contributed by atoms with E-state index < -0.39 is 10.0 Å². The van der Waals surface area contributed by atoms with Gasteiger partial charge in [-0.05, 0) is 74.1 Å². The normalized spacial score (nSPS) is 15.6. The van der Waals surface area contributed by atoms with Gasteiger partial charge in [-0.25, -0.2) is 13.1 Å². The number of carbonyl (C=O) groups excluding carboxylic acids is 2. The lowest BCUT2D eigenvalue weighted by molar-refractivity contribution is -0.119.